The van der Waals surface area contributed by atoms with Crippen LogP contribution in [0.5, 0.6) is 0 Å². The van der Waals surface area contributed by atoms with Crippen molar-refractivity contribution in [3.05, 3.63) is 75.8 Å². The van der Waals surface area contributed by atoms with Gasteiger partial charge in [-0.15, -0.1) is 0 Å². The van der Waals surface area contributed by atoms with E-state index in [0.717, 1.165) is 6.26 Å². The van der Waals surface area contributed by atoms with Crippen molar-refractivity contribution >= 4 is 26.7 Å². The van der Waals surface area contributed by atoms with E-state index in [4.69, 9.17) is 4.74 Å². The maximum Gasteiger partial charge on any atom is 0.338 e. The lowest BCUT2D eigenvalue weighted by Crippen LogP contribution is -2.17. The lowest BCUT2D eigenvalue weighted by molar-refractivity contribution is 0.0320. The highest BCUT2D eigenvalue weighted by Crippen LogP contribution is 2.17. The predicted octanol–water partition coefficient (Wildman–Crippen LogP) is 2.39. The monoisotopic (exact) mass is 386 g/mol. The number of aromatic amines is 1. The Hall–Kier alpha value is -3.00. The van der Waals surface area contributed by atoms with E-state index in [-0.39, 0.29) is 22.7 Å². The molecule has 8 heteroatoms. The van der Waals surface area contributed by atoms with Crippen LogP contribution in [-0.4, -0.2) is 30.6 Å². The van der Waals surface area contributed by atoms with Crippen LogP contribution in [0.4, 0.5) is 0 Å². The molecule has 0 aliphatic heterocycles. The Labute approximate surface area is 155 Å². The summed E-state index contributed by atoms with van der Waals surface area (Å²) in [5.41, 5.74) is 1.08. The van der Waals surface area contributed by atoms with Crippen molar-refractivity contribution in [2.45, 2.75) is 18.8 Å². The molecule has 0 bridgehead atoms. The molecule has 0 radical (unpaired) electrons. The van der Waals surface area contributed by atoms with Crippen molar-refractivity contribution in [1.29, 1.82) is 0 Å². The van der Waals surface area contributed by atoms with Crippen LogP contribution in [0.2, 0.25) is 0 Å². The number of benzene rings is 2. The number of para-hydroxylation sites is 1. The molecule has 1 N–H and O–H groups in total. The number of nitrogens with one attached hydrogen (secondary N) is 1. The summed E-state index contributed by atoms with van der Waals surface area (Å²) in [6.45, 7) is 1.61. The molecule has 0 spiro atoms. The molecule has 140 valence electrons. The number of aromatic nitrogens is 2. The van der Waals surface area contributed by atoms with Gasteiger partial charge in [-0.25, -0.2) is 18.2 Å². The number of sulfone groups is 1. The maximum atomic E-state index is 12.3. The Balaban J connectivity index is 1.77. The van der Waals surface area contributed by atoms with Gasteiger partial charge >= 0.3 is 5.97 Å². The quantitative estimate of drug-likeness (QED) is 0.675. The molecule has 27 heavy (non-hydrogen) atoms. The summed E-state index contributed by atoms with van der Waals surface area (Å²) in [7, 11) is -3.15. The Morgan fingerprint density at radius 3 is 2.48 bits per heavy atom. The van der Waals surface area contributed by atoms with Crippen molar-refractivity contribution in [3.63, 3.8) is 0 Å². The van der Waals surface area contributed by atoms with Gasteiger partial charge in [-0.05, 0) is 36.8 Å². The normalized spacial score (nSPS) is 12.7. The number of esters is 1. The molecule has 0 aliphatic rings. The lowest BCUT2D eigenvalue weighted by Gasteiger charge is -2.13. The van der Waals surface area contributed by atoms with Gasteiger partial charge in [0.25, 0.3) is 5.56 Å². The largest absolute Gasteiger partial charge is 0.451 e. The molecule has 0 saturated carbocycles. The number of carbonyl (C=O) groups is 1. The summed E-state index contributed by atoms with van der Waals surface area (Å²) < 4.78 is 28.0. The Morgan fingerprint density at radius 1 is 1.15 bits per heavy atom. The molecule has 0 saturated heterocycles. The summed E-state index contributed by atoms with van der Waals surface area (Å²) in [5.74, 6) is -0.439. The second-order valence-corrected chi connectivity index (χ2v) is 8.42. The van der Waals surface area contributed by atoms with Gasteiger partial charge in [0, 0.05) is 6.26 Å². The van der Waals surface area contributed by atoms with Crippen molar-refractivity contribution < 1.29 is 17.9 Å². The van der Waals surface area contributed by atoms with E-state index < -0.39 is 21.9 Å². The van der Waals surface area contributed by atoms with Crippen molar-refractivity contribution in [2.75, 3.05) is 6.26 Å². The molecule has 0 fully saturated rings. The molecule has 0 unspecified atom stereocenters. The number of nitrogens with zero attached hydrogens (tertiary/aromatic N) is 1. The van der Waals surface area contributed by atoms with E-state index in [9.17, 15) is 18.0 Å². The van der Waals surface area contributed by atoms with Gasteiger partial charge in [0.2, 0.25) is 0 Å². The third kappa shape index (κ3) is 4.59. The molecule has 1 atom stereocenters. The minimum atomic E-state index is -3.15. The predicted molar refractivity (Wildman–Crippen MR) is 101 cm³/mol. The van der Waals surface area contributed by atoms with Crippen LogP contribution in [0.1, 0.15) is 34.8 Å². The minimum absolute atomic E-state index is 0.0963. The van der Waals surface area contributed by atoms with E-state index in [1.807, 2.05) is 0 Å². The Kier molecular flexibility index (Phi) is 5.09. The minimum Gasteiger partial charge on any atom is -0.451 e. The van der Waals surface area contributed by atoms with Crippen molar-refractivity contribution in [1.82, 2.24) is 9.97 Å². The van der Waals surface area contributed by atoms with Gasteiger partial charge in [0.15, 0.2) is 21.8 Å². The average molecular weight is 386 g/mol. The van der Waals surface area contributed by atoms with E-state index in [1.165, 1.54) is 12.1 Å². The van der Waals surface area contributed by atoms with Crippen LogP contribution < -0.4 is 5.56 Å². The summed E-state index contributed by atoms with van der Waals surface area (Å²) in [6.07, 6.45) is 0.388. The first-order valence-corrected chi connectivity index (χ1v) is 10.3. The first kappa shape index (κ1) is 18.8. The van der Waals surface area contributed by atoms with Gasteiger partial charge < -0.3 is 9.72 Å². The number of ether oxygens (including phenoxy) is 1. The fourth-order valence-electron chi connectivity index (χ4n) is 2.62. The molecule has 0 aliphatic carbocycles. The Bertz CT molecular complexity index is 1150. The number of fused-ring (bicyclic) bond motifs is 1. The lowest BCUT2D eigenvalue weighted by atomic mass is 10.1. The van der Waals surface area contributed by atoms with Crippen LogP contribution in [0.3, 0.4) is 0 Å². The molecule has 0 amide bonds. The van der Waals surface area contributed by atoms with E-state index >= 15 is 0 Å². The van der Waals surface area contributed by atoms with Crippen molar-refractivity contribution in [2.24, 2.45) is 0 Å². The standard InChI is InChI=1S/C19H18N2O5S/c1-12(17-20-16-6-4-3-5-15(16)18(22)21-17)26-19(23)14-9-7-13(8-10-14)11-27(2,24)25/h3-10,12H,11H2,1-2H3,(H,20,21,22)/t12-/m0/s1. The fourth-order valence-corrected chi connectivity index (χ4v) is 3.42. The fraction of sp³-hybridized carbons (Fsp3) is 0.211. The van der Waals surface area contributed by atoms with Gasteiger partial charge in [-0.1, -0.05) is 24.3 Å². The van der Waals surface area contributed by atoms with Gasteiger partial charge in [0.05, 0.1) is 22.2 Å². The van der Waals surface area contributed by atoms with Gasteiger partial charge in [0.1, 0.15) is 0 Å². The second kappa shape index (κ2) is 7.32. The molecule has 3 rings (SSSR count). The number of rotatable bonds is 5. The van der Waals surface area contributed by atoms with Crippen LogP contribution in [0.15, 0.2) is 53.3 Å². The first-order valence-electron chi connectivity index (χ1n) is 8.19. The smallest absolute Gasteiger partial charge is 0.338 e. The topological polar surface area (TPSA) is 106 Å². The van der Waals surface area contributed by atoms with E-state index in [1.54, 1.807) is 43.3 Å². The van der Waals surface area contributed by atoms with E-state index in [2.05, 4.69) is 9.97 Å². The van der Waals surface area contributed by atoms with E-state index in [0.29, 0.717) is 16.5 Å². The zero-order chi connectivity index (χ0) is 19.6. The first-order chi connectivity index (χ1) is 12.7. The summed E-state index contributed by atoms with van der Waals surface area (Å²) in [5, 5.41) is 0.459. The summed E-state index contributed by atoms with van der Waals surface area (Å²) in [4.78, 5) is 31.4. The number of hydrogen-bond acceptors (Lipinski definition) is 6. The van der Waals surface area contributed by atoms with Crippen LogP contribution in [0.25, 0.3) is 10.9 Å². The third-order valence-electron chi connectivity index (χ3n) is 3.92. The third-order valence-corrected chi connectivity index (χ3v) is 4.78. The Morgan fingerprint density at radius 2 is 1.81 bits per heavy atom. The number of H-pyrrole nitrogens is 1. The van der Waals surface area contributed by atoms with Gasteiger partial charge in [-0.3, -0.25) is 4.79 Å². The zero-order valence-electron chi connectivity index (χ0n) is 14.8. The molecule has 7 nitrogen and oxygen atoms in total. The molecule has 2 aromatic carbocycles. The average Bonchev–Trinajstić information content (AvgIpc) is 2.61. The molecule has 3 aromatic rings. The highest BCUT2D eigenvalue weighted by molar-refractivity contribution is 7.89. The van der Waals surface area contributed by atoms with Gasteiger partial charge in [-0.2, -0.15) is 0 Å². The SMILES string of the molecule is C[C@H](OC(=O)c1ccc(CS(C)(=O)=O)cc1)c1nc2ccccc2c(=O)[nH]1. The zero-order valence-corrected chi connectivity index (χ0v) is 15.6. The molecular formula is C19H18N2O5S. The summed E-state index contributed by atoms with van der Waals surface area (Å²) in [6, 6.07) is 13.0. The molecule has 1 aromatic heterocycles. The van der Waals surface area contributed by atoms with Crippen LogP contribution in [-0.2, 0) is 20.3 Å². The van der Waals surface area contributed by atoms with Crippen LogP contribution in [0, 0.1) is 0 Å². The number of carbonyl (C=O) groups excluding carboxylic acids is 1. The highest BCUT2D eigenvalue weighted by Gasteiger charge is 2.17. The second-order valence-electron chi connectivity index (χ2n) is 6.28. The molecule has 1 heterocycles. The summed E-state index contributed by atoms with van der Waals surface area (Å²) >= 11 is 0. The maximum absolute atomic E-state index is 12.3. The molecular weight excluding hydrogens is 368 g/mol. The van der Waals surface area contributed by atoms with Crippen LogP contribution >= 0.6 is 0 Å². The number of hydrogen-bond donors (Lipinski definition) is 1. The highest BCUT2D eigenvalue weighted by atomic mass is 32.2. The van der Waals surface area contributed by atoms with Crippen molar-refractivity contribution in [3.8, 4) is 0 Å².